The number of rotatable bonds is 3. The fourth-order valence-corrected chi connectivity index (χ4v) is 2.31. The molecule has 3 rings (SSSR count). The van der Waals surface area contributed by atoms with Gasteiger partial charge in [-0.1, -0.05) is 23.7 Å². The highest BCUT2D eigenvalue weighted by Crippen LogP contribution is 2.18. The van der Waals surface area contributed by atoms with Crippen molar-refractivity contribution >= 4 is 23.3 Å². The average molecular weight is 313 g/mol. The van der Waals surface area contributed by atoms with Gasteiger partial charge in [0.15, 0.2) is 0 Å². The molecule has 0 aliphatic carbocycles. The van der Waals surface area contributed by atoms with E-state index in [0.29, 0.717) is 16.4 Å². The summed E-state index contributed by atoms with van der Waals surface area (Å²) in [6.07, 6.45) is 3.16. The van der Waals surface area contributed by atoms with Crippen molar-refractivity contribution in [2.75, 3.05) is 5.32 Å². The number of hydrogen-bond acceptors (Lipinski definition) is 3. The Kier molecular flexibility index (Phi) is 3.89. The number of halogens is 1. The molecule has 1 N–H and O–H groups in total. The first kappa shape index (κ1) is 14.3. The Labute approximate surface area is 132 Å². The molecule has 6 heteroatoms. The minimum absolute atomic E-state index is 0.246. The molecule has 0 atom stereocenters. The second-order valence-electron chi connectivity index (χ2n) is 4.70. The third-order valence-corrected chi connectivity index (χ3v) is 3.45. The van der Waals surface area contributed by atoms with Gasteiger partial charge in [0.05, 0.1) is 23.1 Å². The molecule has 0 bridgehead atoms. The topological polar surface area (TPSA) is 59.8 Å². The number of aromatic nitrogens is 3. The van der Waals surface area contributed by atoms with Crippen molar-refractivity contribution < 1.29 is 4.79 Å². The Morgan fingerprint density at radius 2 is 2.09 bits per heavy atom. The van der Waals surface area contributed by atoms with E-state index in [9.17, 15) is 4.79 Å². The second-order valence-corrected chi connectivity index (χ2v) is 5.14. The number of carbonyl (C=O) groups excluding carboxylic acids is 1. The van der Waals surface area contributed by atoms with E-state index < -0.39 is 0 Å². The molecule has 0 aliphatic rings. The zero-order valence-electron chi connectivity index (χ0n) is 11.8. The van der Waals surface area contributed by atoms with Crippen molar-refractivity contribution in [3.8, 4) is 5.69 Å². The van der Waals surface area contributed by atoms with Gasteiger partial charge in [-0.2, -0.15) is 5.10 Å². The summed E-state index contributed by atoms with van der Waals surface area (Å²) in [6, 6.07) is 12.6. The van der Waals surface area contributed by atoms with Crippen LogP contribution in [0.3, 0.4) is 0 Å². The van der Waals surface area contributed by atoms with Crippen LogP contribution in [-0.4, -0.2) is 20.7 Å². The standard InChI is InChI=1S/C16H13ClN4O/c1-11-14(16(22)20-15-7-2-3-8-18-15)10-19-21(11)13-6-4-5-12(17)9-13/h2-10H,1H3,(H,18,20,22). The van der Waals surface area contributed by atoms with E-state index >= 15 is 0 Å². The third kappa shape index (κ3) is 2.84. The summed E-state index contributed by atoms with van der Waals surface area (Å²) < 4.78 is 1.68. The summed E-state index contributed by atoms with van der Waals surface area (Å²) in [6.45, 7) is 1.83. The molecule has 110 valence electrons. The van der Waals surface area contributed by atoms with Crippen molar-refractivity contribution in [2.45, 2.75) is 6.92 Å². The van der Waals surface area contributed by atoms with Crippen LogP contribution in [0, 0.1) is 6.92 Å². The molecule has 0 saturated carbocycles. The lowest BCUT2D eigenvalue weighted by molar-refractivity contribution is 0.102. The Bertz CT molecular complexity index is 814. The fraction of sp³-hybridized carbons (Fsp3) is 0.0625. The van der Waals surface area contributed by atoms with Crippen LogP contribution in [0.5, 0.6) is 0 Å². The van der Waals surface area contributed by atoms with Crippen LogP contribution in [0.25, 0.3) is 5.69 Å². The Morgan fingerprint density at radius 1 is 1.23 bits per heavy atom. The minimum atomic E-state index is -0.246. The molecule has 22 heavy (non-hydrogen) atoms. The van der Waals surface area contributed by atoms with Gasteiger partial charge in [-0.25, -0.2) is 9.67 Å². The predicted molar refractivity (Wildman–Crippen MR) is 85.5 cm³/mol. The molecule has 0 aliphatic heterocycles. The van der Waals surface area contributed by atoms with Crippen LogP contribution in [0.4, 0.5) is 5.82 Å². The SMILES string of the molecule is Cc1c(C(=O)Nc2ccccn2)cnn1-c1cccc(Cl)c1. The molecule has 0 unspecified atom stereocenters. The Balaban J connectivity index is 1.89. The number of pyridine rings is 1. The predicted octanol–water partition coefficient (Wildman–Crippen LogP) is 3.48. The van der Waals surface area contributed by atoms with Crippen LogP contribution in [0.2, 0.25) is 5.02 Å². The molecule has 5 nitrogen and oxygen atoms in total. The van der Waals surface area contributed by atoms with Gasteiger partial charge in [-0.05, 0) is 37.3 Å². The smallest absolute Gasteiger partial charge is 0.260 e. The number of anilines is 1. The highest BCUT2D eigenvalue weighted by Gasteiger charge is 2.15. The van der Waals surface area contributed by atoms with E-state index in [2.05, 4.69) is 15.4 Å². The van der Waals surface area contributed by atoms with Crippen LogP contribution in [0.15, 0.2) is 54.9 Å². The molecule has 1 aromatic carbocycles. The third-order valence-electron chi connectivity index (χ3n) is 3.21. The van der Waals surface area contributed by atoms with Crippen molar-refractivity contribution in [3.63, 3.8) is 0 Å². The lowest BCUT2D eigenvalue weighted by Crippen LogP contribution is -2.13. The average Bonchev–Trinajstić information content (AvgIpc) is 2.90. The normalized spacial score (nSPS) is 10.5. The molecule has 0 saturated heterocycles. The summed E-state index contributed by atoms with van der Waals surface area (Å²) >= 11 is 6.00. The number of carbonyl (C=O) groups is 1. The van der Waals surface area contributed by atoms with Gasteiger partial charge >= 0.3 is 0 Å². The van der Waals surface area contributed by atoms with Gasteiger partial charge in [-0.3, -0.25) is 4.79 Å². The summed E-state index contributed by atoms with van der Waals surface area (Å²) in [5, 5.41) is 7.63. The molecule has 1 amide bonds. The van der Waals surface area contributed by atoms with E-state index in [-0.39, 0.29) is 5.91 Å². The molecule has 2 heterocycles. The largest absolute Gasteiger partial charge is 0.306 e. The number of hydrogen-bond donors (Lipinski definition) is 1. The first-order valence-electron chi connectivity index (χ1n) is 6.68. The van der Waals surface area contributed by atoms with Crippen LogP contribution < -0.4 is 5.32 Å². The molecule has 0 fully saturated rings. The summed E-state index contributed by atoms with van der Waals surface area (Å²) in [5.41, 5.74) is 2.03. The number of benzene rings is 1. The molecule has 2 aromatic heterocycles. The van der Waals surface area contributed by atoms with Gasteiger partial charge in [0.25, 0.3) is 5.91 Å². The molecule has 0 radical (unpaired) electrons. The van der Waals surface area contributed by atoms with Gasteiger partial charge in [0, 0.05) is 11.2 Å². The van der Waals surface area contributed by atoms with E-state index in [4.69, 9.17) is 11.6 Å². The summed E-state index contributed by atoms with van der Waals surface area (Å²) in [5.74, 6) is 0.256. The van der Waals surface area contributed by atoms with Crippen molar-refractivity contribution in [2.24, 2.45) is 0 Å². The van der Waals surface area contributed by atoms with E-state index in [1.54, 1.807) is 35.1 Å². The lowest BCUT2D eigenvalue weighted by atomic mass is 10.2. The monoisotopic (exact) mass is 312 g/mol. The number of nitrogens with one attached hydrogen (secondary N) is 1. The van der Waals surface area contributed by atoms with E-state index in [0.717, 1.165) is 11.4 Å². The fourth-order valence-electron chi connectivity index (χ4n) is 2.12. The van der Waals surface area contributed by atoms with E-state index in [1.165, 1.54) is 6.20 Å². The van der Waals surface area contributed by atoms with E-state index in [1.807, 2.05) is 25.1 Å². The zero-order chi connectivity index (χ0) is 15.5. The highest BCUT2D eigenvalue weighted by atomic mass is 35.5. The van der Waals surface area contributed by atoms with Crippen LogP contribution in [-0.2, 0) is 0 Å². The first-order valence-corrected chi connectivity index (χ1v) is 7.06. The second kappa shape index (κ2) is 5.99. The number of amides is 1. The molecular formula is C16H13ClN4O. The Morgan fingerprint density at radius 3 is 2.82 bits per heavy atom. The zero-order valence-corrected chi connectivity index (χ0v) is 12.6. The number of nitrogens with zero attached hydrogens (tertiary/aromatic N) is 3. The first-order chi connectivity index (χ1) is 10.6. The highest BCUT2D eigenvalue weighted by molar-refractivity contribution is 6.30. The van der Waals surface area contributed by atoms with Gasteiger partial charge in [0.2, 0.25) is 0 Å². The molecule has 3 aromatic rings. The molecular weight excluding hydrogens is 300 g/mol. The van der Waals surface area contributed by atoms with Crippen molar-refractivity contribution in [3.05, 3.63) is 71.1 Å². The quantitative estimate of drug-likeness (QED) is 0.805. The maximum Gasteiger partial charge on any atom is 0.260 e. The molecule has 0 spiro atoms. The maximum absolute atomic E-state index is 12.3. The lowest BCUT2D eigenvalue weighted by Gasteiger charge is -2.06. The summed E-state index contributed by atoms with van der Waals surface area (Å²) in [4.78, 5) is 16.4. The summed E-state index contributed by atoms with van der Waals surface area (Å²) in [7, 11) is 0. The van der Waals surface area contributed by atoms with Crippen LogP contribution >= 0.6 is 11.6 Å². The van der Waals surface area contributed by atoms with Gasteiger partial charge in [-0.15, -0.1) is 0 Å². The van der Waals surface area contributed by atoms with Gasteiger partial charge in [0.1, 0.15) is 5.82 Å². The van der Waals surface area contributed by atoms with Crippen molar-refractivity contribution in [1.82, 2.24) is 14.8 Å². The maximum atomic E-state index is 12.3. The van der Waals surface area contributed by atoms with Gasteiger partial charge < -0.3 is 5.32 Å². The minimum Gasteiger partial charge on any atom is -0.306 e. The van der Waals surface area contributed by atoms with Crippen molar-refractivity contribution in [1.29, 1.82) is 0 Å². The van der Waals surface area contributed by atoms with Crippen LogP contribution in [0.1, 0.15) is 16.1 Å². The Hall–Kier alpha value is -2.66.